The summed E-state index contributed by atoms with van der Waals surface area (Å²) in [6.07, 6.45) is 3.89. The van der Waals surface area contributed by atoms with Gasteiger partial charge in [0.25, 0.3) is 0 Å². The normalized spacial score (nSPS) is 44.2. The van der Waals surface area contributed by atoms with E-state index in [1.807, 2.05) is 33.8 Å². The number of hydrogen-bond donors (Lipinski definition) is 3. The second-order valence-electron chi connectivity index (χ2n) is 15.7. The topological polar surface area (TPSA) is 165 Å². The molecule has 1 aromatic rings. The van der Waals surface area contributed by atoms with Gasteiger partial charge in [0.2, 0.25) is 0 Å². The number of rotatable bonds is 10. The number of aliphatic hydroxyl groups excluding tert-OH is 3. The van der Waals surface area contributed by atoms with Crippen LogP contribution in [0.1, 0.15) is 96.5 Å². The molecule has 1 aromatic heterocycles. The van der Waals surface area contributed by atoms with E-state index in [-0.39, 0.29) is 49.8 Å². The molecule has 4 aliphatic heterocycles. The third-order valence-corrected chi connectivity index (χ3v) is 13.2. The van der Waals surface area contributed by atoms with Gasteiger partial charge in [-0.1, -0.05) is 33.1 Å². The van der Waals surface area contributed by atoms with Crippen LogP contribution in [-0.2, 0) is 39.8 Å². The Morgan fingerprint density at radius 3 is 2.50 bits per heavy atom. The largest absolute Gasteiger partial charge is 0.469 e. The van der Waals surface area contributed by atoms with Crippen molar-refractivity contribution in [2.45, 2.75) is 121 Å². The molecule has 11 heteroatoms. The third kappa shape index (κ3) is 4.04. The molecule has 11 atom stereocenters. The number of epoxide rings is 1. The lowest BCUT2D eigenvalue weighted by Gasteiger charge is -2.66. The smallest absolute Gasteiger partial charge is 0.339 e. The number of ketones is 1. The van der Waals surface area contributed by atoms with Crippen LogP contribution in [0.5, 0.6) is 0 Å². The summed E-state index contributed by atoms with van der Waals surface area (Å²) >= 11 is 0. The molecule has 3 N–H and O–H groups in total. The maximum Gasteiger partial charge on any atom is 0.339 e. The van der Waals surface area contributed by atoms with E-state index in [2.05, 4.69) is 0 Å². The zero-order chi connectivity index (χ0) is 32.9. The van der Waals surface area contributed by atoms with Gasteiger partial charge in [0.15, 0.2) is 11.9 Å². The molecule has 6 fully saturated rings. The molecule has 6 aliphatic rings. The summed E-state index contributed by atoms with van der Waals surface area (Å²) in [5.41, 5.74) is -4.30. The van der Waals surface area contributed by atoms with E-state index in [1.54, 1.807) is 6.26 Å². The van der Waals surface area contributed by atoms with Crippen molar-refractivity contribution in [1.29, 1.82) is 0 Å². The number of carbonyl (C=O) groups excluding carboxylic acids is 3. The van der Waals surface area contributed by atoms with Crippen LogP contribution in [0, 0.1) is 34.0 Å². The minimum atomic E-state index is -1.43. The van der Waals surface area contributed by atoms with E-state index < -0.39 is 63.8 Å². The number of hydrogen-bond acceptors (Lipinski definition) is 11. The Bertz CT molecular complexity index is 1400. The fourth-order valence-electron chi connectivity index (χ4n) is 11.2. The Labute approximate surface area is 269 Å². The summed E-state index contributed by atoms with van der Waals surface area (Å²) in [5.74, 6) is -1.70. The highest BCUT2D eigenvalue weighted by Gasteiger charge is 2.90. The first-order chi connectivity index (χ1) is 21.8. The van der Waals surface area contributed by atoms with Crippen molar-refractivity contribution in [3.05, 3.63) is 23.7 Å². The molecule has 46 heavy (non-hydrogen) atoms. The molecule has 0 amide bonds. The highest BCUT2D eigenvalue weighted by atomic mass is 16.7. The summed E-state index contributed by atoms with van der Waals surface area (Å²) in [6, 6.07) is 1.82. The first-order valence-corrected chi connectivity index (χ1v) is 17.0. The molecular weight excluding hydrogens is 596 g/mol. The molecule has 4 saturated heterocycles. The van der Waals surface area contributed by atoms with E-state index in [0.29, 0.717) is 30.6 Å². The maximum absolute atomic E-state index is 14.4. The lowest BCUT2D eigenvalue weighted by atomic mass is 9.36. The van der Waals surface area contributed by atoms with Crippen LogP contribution in [0.4, 0.5) is 0 Å². The van der Waals surface area contributed by atoms with Crippen LogP contribution < -0.4 is 0 Å². The van der Waals surface area contributed by atoms with Gasteiger partial charge in [-0.05, 0) is 57.4 Å². The third-order valence-electron chi connectivity index (χ3n) is 13.2. The average molecular weight is 645 g/mol. The minimum Gasteiger partial charge on any atom is -0.469 e. The molecular formula is C35H48O11. The van der Waals surface area contributed by atoms with Crippen molar-refractivity contribution in [3.63, 3.8) is 0 Å². The Morgan fingerprint density at radius 1 is 1.00 bits per heavy atom. The van der Waals surface area contributed by atoms with Crippen LogP contribution in [0.15, 0.2) is 16.7 Å². The molecule has 7 rings (SSSR count). The Kier molecular flexibility index (Phi) is 7.61. The second kappa shape index (κ2) is 10.9. The van der Waals surface area contributed by atoms with E-state index in [9.17, 15) is 24.6 Å². The van der Waals surface area contributed by atoms with Gasteiger partial charge in [-0.15, -0.1) is 0 Å². The van der Waals surface area contributed by atoms with Crippen molar-refractivity contribution in [2.24, 2.45) is 34.0 Å². The minimum absolute atomic E-state index is 0.0154. The monoisotopic (exact) mass is 644 g/mol. The molecule has 0 unspecified atom stereocenters. The number of aliphatic hydroxyl groups is 3. The van der Waals surface area contributed by atoms with E-state index in [4.69, 9.17) is 28.5 Å². The number of furan rings is 1. The molecule has 2 spiro atoms. The molecule has 0 bridgehead atoms. The van der Waals surface area contributed by atoms with Crippen LogP contribution >= 0.6 is 0 Å². The Morgan fingerprint density at radius 2 is 1.76 bits per heavy atom. The van der Waals surface area contributed by atoms with Crippen LogP contribution in [0.2, 0.25) is 0 Å². The second-order valence-corrected chi connectivity index (χ2v) is 15.7. The standard InChI is InChI=1S/C35H48O11/c1-31(2)26-25(39)27(40)33(4)22(34(26)18-43-24(38)16-23(34)45-31)10-12-32(3)28(44-30(41)29-35(32,33)46-29)20-11-14-42-21(20)15-19(17-37)9-7-5-6-8-13-36/h11,14,19,22-23,26-29,36-37,40H,5-10,12-13,15-18H2,1-4H3/t19-,22+,23+,26-,27-,28+,29-,32+,33+,34+,35-/m1/s1. The number of ether oxygens (including phenoxy) is 4. The maximum atomic E-state index is 14.4. The highest BCUT2D eigenvalue weighted by Crippen LogP contribution is 2.80. The Hall–Kier alpha value is -2.31. The van der Waals surface area contributed by atoms with Crippen LogP contribution in [0.3, 0.4) is 0 Å². The van der Waals surface area contributed by atoms with Gasteiger partial charge in [-0.25, -0.2) is 4.79 Å². The van der Waals surface area contributed by atoms with Crippen molar-refractivity contribution in [3.8, 4) is 0 Å². The molecule has 2 saturated carbocycles. The molecule has 5 heterocycles. The highest BCUT2D eigenvalue weighted by molar-refractivity contribution is 5.92. The van der Waals surface area contributed by atoms with Gasteiger partial charge in [-0.3, -0.25) is 9.59 Å². The van der Waals surface area contributed by atoms with Crippen molar-refractivity contribution in [2.75, 3.05) is 19.8 Å². The van der Waals surface area contributed by atoms with Crippen LogP contribution in [0.25, 0.3) is 0 Å². The SMILES string of the molecule is CC1(C)O[C@H]2CC(=O)OC[C@@]23[C@@H]1C(=O)[C@@H](O)[C@]1(C)[C@@H]3CC[C@@]2(C)[C@H](c3ccoc3C[C@H](CO)CCCCCCO)OC(=O)[C@H]3O[C@@]312. The van der Waals surface area contributed by atoms with E-state index in [1.165, 1.54) is 0 Å². The fraction of sp³-hybridized carbons (Fsp3) is 0.800. The van der Waals surface area contributed by atoms with E-state index in [0.717, 1.165) is 32.1 Å². The van der Waals surface area contributed by atoms with Crippen molar-refractivity contribution < 1.29 is 53.1 Å². The fourth-order valence-corrected chi connectivity index (χ4v) is 11.2. The number of esters is 2. The number of carbonyl (C=O) groups is 3. The van der Waals surface area contributed by atoms with Crippen molar-refractivity contribution in [1.82, 2.24) is 0 Å². The van der Waals surface area contributed by atoms with Gasteiger partial charge >= 0.3 is 11.9 Å². The zero-order valence-corrected chi connectivity index (χ0v) is 27.3. The van der Waals surface area contributed by atoms with Gasteiger partial charge in [0.1, 0.15) is 30.2 Å². The lowest BCUT2D eigenvalue weighted by molar-refractivity contribution is -0.252. The number of Topliss-reactive ketones (excluding diaryl/α,β-unsaturated/α-hetero) is 1. The predicted octanol–water partition coefficient (Wildman–Crippen LogP) is 3.20. The van der Waals surface area contributed by atoms with Gasteiger partial charge in [0.05, 0.1) is 30.3 Å². The zero-order valence-electron chi connectivity index (χ0n) is 27.3. The number of fused-ring (bicyclic) bond motifs is 1. The summed E-state index contributed by atoms with van der Waals surface area (Å²) in [4.78, 5) is 40.6. The molecule has 2 aliphatic carbocycles. The molecule has 11 nitrogen and oxygen atoms in total. The first kappa shape index (κ1) is 32.2. The summed E-state index contributed by atoms with van der Waals surface area (Å²) in [6.45, 7) is 7.78. The van der Waals surface area contributed by atoms with Gasteiger partial charge in [-0.2, -0.15) is 0 Å². The number of cyclic esters (lactones) is 2. The predicted molar refractivity (Wildman–Crippen MR) is 160 cm³/mol. The summed E-state index contributed by atoms with van der Waals surface area (Å²) in [7, 11) is 0. The summed E-state index contributed by atoms with van der Waals surface area (Å²) < 4.78 is 30.9. The molecule has 254 valence electrons. The molecule has 0 radical (unpaired) electrons. The lowest BCUT2D eigenvalue weighted by Crippen LogP contribution is -2.76. The van der Waals surface area contributed by atoms with Gasteiger partial charge < -0.3 is 38.7 Å². The van der Waals surface area contributed by atoms with Gasteiger partial charge in [0, 0.05) is 41.4 Å². The van der Waals surface area contributed by atoms with E-state index >= 15 is 0 Å². The quantitative estimate of drug-likeness (QED) is 0.195. The number of unbranched alkanes of at least 4 members (excludes halogenated alkanes) is 3. The average Bonchev–Trinajstić information content (AvgIpc) is 3.57. The van der Waals surface area contributed by atoms with Crippen LogP contribution in [-0.4, -0.2) is 82.4 Å². The Balaban J connectivity index is 1.25. The van der Waals surface area contributed by atoms with Crippen molar-refractivity contribution >= 4 is 17.7 Å². The molecule has 0 aromatic carbocycles. The first-order valence-electron chi connectivity index (χ1n) is 17.0. The summed E-state index contributed by atoms with van der Waals surface area (Å²) in [5, 5.41) is 31.4.